The Morgan fingerprint density at radius 3 is 1.83 bits per heavy atom. The van der Waals surface area contributed by atoms with Crippen molar-refractivity contribution in [3.05, 3.63) is 90.0 Å². The van der Waals surface area contributed by atoms with Crippen LogP contribution in [0.3, 0.4) is 0 Å². The molecular weight excluding hydrogens is 374 g/mol. The summed E-state index contributed by atoms with van der Waals surface area (Å²) in [5.41, 5.74) is 2.80. The van der Waals surface area contributed by atoms with E-state index in [0.29, 0.717) is 16.9 Å². The normalized spacial score (nSPS) is 10.5. The van der Waals surface area contributed by atoms with E-state index in [9.17, 15) is 13.6 Å². The Labute approximate surface area is 168 Å². The van der Waals surface area contributed by atoms with E-state index in [0.717, 1.165) is 5.56 Å². The van der Waals surface area contributed by atoms with Crippen LogP contribution >= 0.6 is 0 Å². The smallest absolute Gasteiger partial charge is 0.335 e. The molecule has 0 aliphatic rings. The molecule has 0 fully saturated rings. The molecular formula is C24H20F2O3. The van der Waals surface area contributed by atoms with Crippen molar-refractivity contribution in [3.8, 4) is 28.0 Å². The predicted octanol–water partition coefficient (Wildman–Crippen LogP) is 6.06. The van der Waals surface area contributed by atoms with Crippen molar-refractivity contribution >= 4 is 5.97 Å². The van der Waals surface area contributed by atoms with Crippen LogP contribution in [-0.4, -0.2) is 12.8 Å². The molecule has 0 unspecified atom stereocenters. The average molecular weight is 394 g/mol. The first kappa shape index (κ1) is 20.3. The molecule has 0 heterocycles. The highest BCUT2D eigenvalue weighted by Gasteiger charge is 2.16. The van der Waals surface area contributed by atoms with Crippen LogP contribution in [0.15, 0.2) is 72.8 Å². The molecule has 0 saturated carbocycles. The number of ether oxygens (including phenoxy) is 2. The Morgan fingerprint density at radius 2 is 1.34 bits per heavy atom. The van der Waals surface area contributed by atoms with E-state index in [1.54, 1.807) is 48.5 Å². The van der Waals surface area contributed by atoms with Gasteiger partial charge in [0.15, 0.2) is 11.6 Å². The summed E-state index contributed by atoms with van der Waals surface area (Å²) in [4.78, 5) is 11.3. The number of esters is 1. The Bertz CT molecular complexity index is 1040. The van der Waals surface area contributed by atoms with E-state index in [1.165, 1.54) is 6.92 Å². The fraction of sp³-hybridized carbons (Fsp3) is 0.125. The van der Waals surface area contributed by atoms with E-state index in [-0.39, 0.29) is 23.5 Å². The fourth-order valence-electron chi connectivity index (χ4n) is 2.73. The summed E-state index contributed by atoms with van der Waals surface area (Å²) in [5.74, 6) is -1.92. The van der Waals surface area contributed by atoms with Gasteiger partial charge in [-0.2, -0.15) is 0 Å². The molecule has 0 aliphatic heterocycles. The zero-order chi connectivity index (χ0) is 21.0. The molecule has 0 spiro atoms. The van der Waals surface area contributed by atoms with Crippen LogP contribution in [-0.2, 0) is 9.53 Å². The zero-order valence-corrected chi connectivity index (χ0v) is 16.2. The van der Waals surface area contributed by atoms with Crippen LogP contribution in [0.4, 0.5) is 8.78 Å². The van der Waals surface area contributed by atoms with Crippen molar-refractivity contribution < 1.29 is 23.0 Å². The largest absolute Gasteiger partial charge is 0.457 e. The van der Waals surface area contributed by atoms with Crippen molar-refractivity contribution in [2.45, 2.75) is 13.8 Å². The van der Waals surface area contributed by atoms with Gasteiger partial charge < -0.3 is 9.47 Å². The Balaban J connectivity index is 1.77. The number of aryl methyl sites for hydroxylation is 1. The lowest BCUT2D eigenvalue weighted by Gasteiger charge is -2.11. The summed E-state index contributed by atoms with van der Waals surface area (Å²) >= 11 is 0. The Kier molecular flexibility index (Phi) is 6.07. The molecule has 0 bridgehead atoms. The van der Waals surface area contributed by atoms with E-state index < -0.39 is 17.6 Å². The zero-order valence-electron chi connectivity index (χ0n) is 16.2. The highest BCUT2D eigenvalue weighted by molar-refractivity contribution is 5.86. The molecule has 0 aliphatic carbocycles. The molecule has 0 aromatic heterocycles. The lowest BCUT2D eigenvalue weighted by molar-refractivity contribution is -0.145. The molecule has 3 nitrogen and oxygen atoms in total. The monoisotopic (exact) mass is 394 g/mol. The molecule has 3 rings (SSSR count). The third-order valence-electron chi connectivity index (χ3n) is 4.37. The molecule has 3 aromatic rings. The Hall–Kier alpha value is -3.47. The highest BCUT2D eigenvalue weighted by Crippen LogP contribution is 2.32. The van der Waals surface area contributed by atoms with Crippen LogP contribution in [0.25, 0.3) is 22.3 Å². The molecule has 0 saturated heterocycles. The summed E-state index contributed by atoms with van der Waals surface area (Å²) in [6.45, 7) is 6.68. The molecule has 3 aromatic carbocycles. The van der Waals surface area contributed by atoms with Gasteiger partial charge in [-0.15, -0.1) is 0 Å². The van der Waals surface area contributed by atoms with Crippen molar-refractivity contribution in [2.24, 2.45) is 0 Å². The second-order valence-corrected chi connectivity index (χ2v) is 6.65. The molecule has 0 amide bonds. The summed E-state index contributed by atoms with van der Waals surface area (Å²) in [7, 11) is 0. The molecule has 148 valence electrons. The second kappa shape index (κ2) is 8.69. The lowest BCUT2D eigenvalue weighted by atomic mass is 9.98. The number of halogens is 2. The third-order valence-corrected chi connectivity index (χ3v) is 4.37. The minimum atomic E-state index is -0.910. The summed E-state index contributed by atoms with van der Waals surface area (Å²) in [6, 6.07) is 16.8. The van der Waals surface area contributed by atoms with Gasteiger partial charge in [-0.05, 0) is 37.1 Å². The summed E-state index contributed by atoms with van der Waals surface area (Å²) in [6.07, 6.45) is 0. The maximum atomic E-state index is 14.7. The average Bonchev–Trinajstić information content (AvgIpc) is 2.71. The number of rotatable bonds is 6. The maximum absolute atomic E-state index is 14.7. The van der Waals surface area contributed by atoms with Crippen LogP contribution in [0.2, 0.25) is 0 Å². The van der Waals surface area contributed by atoms with Gasteiger partial charge in [-0.1, -0.05) is 60.7 Å². The van der Waals surface area contributed by atoms with Crippen LogP contribution in [0.1, 0.15) is 12.5 Å². The molecule has 0 N–H and O–H groups in total. The van der Waals surface area contributed by atoms with Crippen molar-refractivity contribution in [3.63, 3.8) is 0 Å². The molecule has 0 atom stereocenters. The molecule has 5 heteroatoms. The number of hydrogen-bond acceptors (Lipinski definition) is 3. The summed E-state index contributed by atoms with van der Waals surface area (Å²) in [5, 5.41) is 0. The quantitative estimate of drug-likeness (QED) is 0.289. The van der Waals surface area contributed by atoms with Crippen molar-refractivity contribution in [1.82, 2.24) is 0 Å². The summed E-state index contributed by atoms with van der Waals surface area (Å²) < 4.78 is 39.5. The van der Waals surface area contributed by atoms with E-state index in [1.807, 2.05) is 19.1 Å². The van der Waals surface area contributed by atoms with Crippen molar-refractivity contribution in [2.75, 3.05) is 6.79 Å². The first-order chi connectivity index (χ1) is 13.9. The molecule has 0 radical (unpaired) electrons. The van der Waals surface area contributed by atoms with Gasteiger partial charge in [0, 0.05) is 16.7 Å². The van der Waals surface area contributed by atoms with Gasteiger partial charge in [-0.25, -0.2) is 13.6 Å². The van der Waals surface area contributed by atoms with Gasteiger partial charge in [0.2, 0.25) is 6.79 Å². The minimum Gasteiger partial charge on any atom is -0.457 e. The first-order valence-electron chi connectivity index (χ1n) is 8.97. The number of carbonyl (C=O) groups excluding carboxylic acids is 1. The Morgan fingerprint density at radius 1 is 0.862 bits per heavy atom. The SMILES string of the molecule is C=C(C)C(=O)OCOc1ccc(-c2ccc(-c3ccc(C)cc3)c(F)c2F)cc1. The number of hydrogen-bond donors (Lipinski definition) is 0. The standard InChI is InChI=1S/C24H20F2O3/c1-15(2)24(27)29-14-28-19-10-8-18(9-11-19)21-13-12-20(22(25)23(21)26)17-6-4-16(3)5-7-17/h4-13H,1,14H2,2-3H3. The third kappa shape index (κ3) is 4.69. The topological polar surface area (TPSA) is 35.5 Å². The van der Waals surface area contributed by atoms with E-state index >= 15 is 0 Å². The van der Waals surface area contributed by atoms with Gasteiger partial charge in [-0.3, -0.25) is 0 Å². The van der Waals surface area contributed by atoms with Crippen LogP contribution in [0, 0.1) is 18.6 Å². The minimum absolute atomic E-state index is 0.152. The van der Waals surface area contributed by atoms with Gasteiger partial charge >= 0.3 is 5.97 Å². The second-order valence-electron chi connectivity index (χ2n) is 6.65. The fourth-order valence-corrected chi connectivity index (χ4v) is 2.73. The van der Waals surface area contributed by atoms with Gasteiger partial charge in [0.25, 0.3) is 0 Å². The number of benzene rings is 3. The predicted molar refractivity (Wildman–Crippen MR) is 108 cm³/mol. The molecule has 29 heavy (non-hydrogen) atoms. The lowest BCUT2D eigenvalue weighted by Crippen LogP contribution is -2.10. The first-order valence-corrected chi connectivity index (χ1v) is 8.97. The van der Waals surface area contributed by atoms with E-state index in [2.05, 4.69) is 6.58 Å². The highest BCUT2D eigenvalue weighted by atomic mass is 19.2. The van der Waals surface area contributed by atoms with E-state index in [4.69, 9.17) is 9.47 Å². The van der Waals surface area contributed by atoms with Gasteiger partial charge in [0.05, 0.1) is 0 Å². The number of carbonyl (C=O) groups is 1. The van der Waals surface area contributed by atoms with Crippen LogP contribution < -0.4 is 4.74 Å². The maximum Gasteiger partial charge on any atom is 0.335 e. The van der Waals surface area contributed by atoms with Crippen molar-refractivity contribution in [1.29, 1.82) is 0 Å². The van der Waals surface area contributed by atoms with Crippen LogP contribution in [0.5, 0.6) is 5.75 Å². The van der Waals surface area contributed by atoms with Gasteiger partial charge in [0.1, 0.15) is 5.75 Å².